The lowest BCUT2D eigenvalue weighted by Gasteiger charge is -2.32. The Morgan fingerprint density at radius 1 is 1.34 bits per heavy atom. The number of hydrogen-bond donors (Lipinski definition) is 3. The second kappa shape index (κ2) is 6.98. The van der Waals surface area contributed by atoms with Crippen molar-refractivity contribution in [1.29, 1.82) is 0 Å². The van der Waals surface area contributed by atoms with Gasteiger partial charge in [0.05, 0.1) is 42.1 Å². The molecule has 8 nitrogen and oxygen atoms in total. The van der Waals surface area contributed by atoms with Gasteiger partial charge in [0.2, 0.25) is 0 Å². The van der Waals surface area contributed by atoms with Crippen LogP contribution in [0.15, 0.2) is 36.5 Å². The van der Waals surface area contributed by atoms with E-state index in [1.807, 2.05) is 37.3 Å². The molecule has 1 atom stereocenters. The highest BCUT2D eigenvalue weighted by Gasteiger charge is 2.27. The normalized spacial score (nSPS) is 17.3. The van der Waals surface area contributed by atoms with Crippen molar-refractivity contribution in [3.05, 3.63) is 47.7 Å². The summed E-state index contributed by atoms with van der Waals surface area (Å²) in [5, 5.41) is 25.9. The number of benzene rings is 2. The quantitative estimate of drug-likeness (QED) is 0.497. The third kappa shape index (κ3) is 2.97. The van der Waals surface area contributed by atoms with E-state index >= 15 is 0 Å². The smallest absolute Gasteiger partial charge is 0.254 e. The molecule has 3 N–H and O–H groups in total. The zero-order chi connectivity index (χ0) is 20.0. The monoisotopic (exact) mass is 391 g/mol. The number of carbonyl (C=O) groups excluding carboxylic acids is 1. The van der Waals surface area contributed by atoms with Crippen molar-refractivity contribution < 1.29 is 14.6 Å². The summed E-state index contributed by atoms with van der Waals surface area (Å²) in [6.07, 6.45) is 1.44. The second-order valence-electron chi connectivity index (χ2n) is 7.35. The predicted molar refractivity (Wildman–Crippen MR) is 109 cm³/mol. The van der Waals surface area contributed by atoms with Crippen LogP contribution < -0.4 is 0 Å². The van der Waals surface area contributed by atoms with Crippen molar-refractivity contribution in [2.24, 2.45) is 0 Å². The van der Waals surface area contributed by atoms with Crippen LogP contribution in [0.3, 0.4) is 0 Å². The average Bonchev–Trinajstić information content (AvgIpc) is 3.40. The number of aromatic nitrogens is 4. The molecule has 1 amide bonds. The Bertz CT molecular complexity index is 1210. The first kappa shape index (κ1) is 17.8. The number of aryl methyl sites for hydroxylation is 1. The fourth-order valence-corrected chi connectivity index (χ4v) is 4.02. The van der Waals surface area contributed by atoms with Gasteiger partial charge in [-0.1, -0.05) is 6.07 Å². The van der Waals surface area contributed by atoms with E-state index in [1.54, 1.807) is 11.1 Å². The minimum Gasteiger partial charge on any atom is -0.394 e. The van der Waals surface area contributed by atoms with Gasteiger partial charge in [-0.05, 0) is 36.8 Å². The summed E-state index contributed by atoms with van der Waals surface area (Å²) in [7, 11) is 0. The molecule has 0 radical (unpaired) electrons. The maximum Gasteiger partial charge on any atom is 0.254 e. The standard InChI is InChI=1S/C21H21N5O3/c1-12-7-13(8-14-9-22-24-19(12)14)20-18-16(3-2-4-17(18)23-25-20)21(28)26-5-6-29-15(10-26)11-27/h2-4,7-9,15,27H,5-6,10-11H2,1H3,(H,22,24)(H,23,25)/t15-/m1/s1. The molecule has 1 fully saturated rings. The molecule has 4 aromatic rings. The molecule has 0 saturated carbocycles. The van der Waals surface area contributed by atoms with Crippen LogP contribution in [-0.4, -0.2) is 68.7 Å². The highest BCUT2D eigenvalue weighted by molar-refractivity contribution is 6.11. The van der Waals surface area contributed by atoms with Crippen molar-refractivity contribution in [3.63, 3.8) is 0 Å². The lowest BCUT2D eigenvalue weighted by atomic mass is 9.99. The van der Waals surface area contributed by atoms with Crippen LogP contribution in [0.25, 0.3) is 33.1 Å². The number of morpholine rings is 1. The molecule has 1 saturated heterocycles. The number of hydrogen-bond acceptors (Lipinski definition) is 5. The molecule has 0 spiro atoms. The molecule has 1 aliphatic heterocycles. The highest BCUT2D eigenvalue weighted by atomic mass is 16.5. The third-order valence-corrected chi connectivity index (χ3v) is 5.47. The number of aromatic amines is 2. The molecule has 8 heteroatoms. The van der Waals surface area contributed by atoms with E-state index in [0.717, 1.165) is 38.6 Å². The Kier molecular flexibility index (Phi) is 4.30. The summed E-state index contributed by atoms with van der Waals surface area (Å²) in [4.78, 5) is 15.1. The fourth-order valence-electron chi connectivity index (χ4n) is 4.02. The summed E-state index contributed by atoms with van der Waals surface area (Å²) >= 11 is 0. The van der Waals surface area contributed by atoms with Crippen molar-refractivity contribution in [2.75, 3.05) is 26.3 Å². The van der Waals surface area contributed by atoms with Gasteiger partial charge < -0.3 is 14.7 Å². The minimum absolute atomic E-state index is 0.0823. The second-order valence-corrected chi connectivity index (χ2v) is 7.35. The van der Waals surface area contributed by atoms with E-state index in [4.69, 9.17) is 4.74 Å². The van der Waals surface area contributed by atoms with Crippen molar-refractivity contribution in [3.8, 4) is 11.3 Å². The van der Waals surface area contributed by atoms with Crippen LogP contribution in [0.4, 0.5) is 0 Å². The molecule has 2 aromatic heterocycles. The first-order chi connectivity index (χ1) is 14.2. The molecule has 0 unspecified atom stereocenters. The van der Waals surface area contributed by atoms with Crippen molar-refractivity contribution in [2.45, 2.75) is 13.0 Å². The van der Waals surface area contributed by atoms with Crippen LogP contribution >= 0.6 is 0 Å². The molecule has 1 aliphatic rings. The van der Waals surface area contributed by atoms with Gasteiger partial charge in [-0.15, -0.1) is 0 Å². The van der Waals surface area contributed by atoms with Crippen molar-refractivity contribution in [1.82, 2.24) is 25.3 Å². The molecule has 2 aromatic carbocycles. The van der Waals surface area contributed by atoms with E-state index < -0.39 is 0 Å². The van der Waals surface area contributed by atoms with Crippen molar-refractivity contribution >= 4 is 27.7 Å². The number of nitrogens with one attached hydrogen (secondary N) is 2. The van der Waals surface area contributed by atoms with Gasteiger partial charge in [0, 0.05) is 29.4 Å². The number of carbonyl (C=O) groups is 1. The Balaban J connectivity index is 1.62. The van der Waals surface area contributed by atoms with Crippen LogP contribution in [0.2, 0.25) is 0 Å². The summed E-state index contributed by atoms with van der Waals surface area (Å²) in [6, 6.07) is 9.68. The van der Waals surface area contributed by atoms with E-state index in [2.05, 4.69) is 20.4 Å². The topological polar surface area (TPSA) is 107 Å². The summed E-state index contributed by atoms with van der Waals surface area (Å²) in [6.45, 7) is 3.21. The average molecular weight is 391 g/mol. The number of aliphatic hydroxyl groups is 1. The molecule has 29 heavy (non-hydrogen) atoms. The van der Waals surface area contributed by atoms with E-state index in [9.17, 15) is 9.90 Å². The number of H-pyrrole nitrogens is 2. The van der Waals surface area contributed by atoms with Crippen LogP contribution in [0, 0.1) is 6.92 Å². The van der Waals surface area contributed by atoms with Gasteiger partial charge in [-0.2, -0.15) is 10.2 Å². The van der Waals surface area contributed by atoms with Gasteiger partial charge in [0.1, 0.15) is 5.69 Å². The van der Waals surface area contributed by atoms with Gasteiger partial charge in [0.15, 0.2) is 0 Å². The predicted octanol–water partition coefficient (Wildman–Crippen LogP) is 2.25. The Morgan fingerprint density at radius 3 is 3.10 bits per heavy atom. The minimum atomic E-state index is -0.345. The largest absolute Gasteiger partial charge is 0.394 e. The number of nitrogens with zero attached hydrogens (tertiary/aromatic N) is 3. The number of ether oxygens (including phenoxy) is 1. The number of amides is 1. The van der Waals surface area contributed by atoms with Gasteiger partial charge in [-0.3, -0.25) is 15.0 Å². The van der Waals surface area contributed by atoms with E-state index in [1.165, 1.54) is 0 Å². The van der Waals surface area contributed by atoms with Crippen LogP contribution in [0.1, 0.15) is 15.9 Å². The van der Waals surface area contributed by atoms with Crippen LogP contribution in [-0.2, 0) is 4.74 Å². The zero-order valence-electron chi connectivity index (χ0n) is 16.0. The highest BCUT2D eigenvalue weighted by Crippen LogP contribution is 2.32. The molecule has 148 valence electrons. The summed E-state index contributed by atoms with van der Waals surface area (Å²) in [5.41, 5.74) is 5.12. The molecule has 3 heterocycles. The Hall–Kier alpha value is -3.23. The molecule has 0 aliphatic carbocycles. The maximum atomic E-state index is 13.3. The fraction of sp³-hybridized carbons (Fsp3) is 0.286. The Labute approximate surface area is 166 Å². The first-order valence-corrected chi connectivity index (χ1v) is 9.58. The van der Waals surface area contributed by atoms with Crippen LogP contribution in [0.5, 0.6) is 0 Å². The summed E-state index contributed by atoms with van der Waals surface area (Å²) < 4.78 is 5.48. The molecular weight excluding hydrogens is 370 g/mol. The molecule has 0 bridgehead atoms. The maximum absolute atomic E-state index is 13.3. The van der Waals surface area contributed by atoms with E-state index in [0.29, 0.717) is 25.3 Å². The van der Waals surface area contributed by atoms with Gasteiger partial charge in [-0.25, -0.2) is 0 Å². The third-order valence-electron chi connectivity index (χ3n) is 5.47. The zero-order valence-corrected chi connectivity index (χ0v) is 16.0. The first-order valence-electron chi connectivity index (χ1n) is 9.58. The van der Waals surface area contributed by atoms with E-state index in [-0.39, 0.29) is 18.6 Å². The SMILES string of the molecule is Cc1cc(-c2n[nH]c3cccc(C(=O)N4CCO[C@@H](CO)C4)c23)cc2cn[nH]c12. The lowest BCUT2D eigenvalue weighted by Crippen LogP contribution is -2.46. The Morgan fingerprint density at radius 2 is 2.24 bits per heavy atom. The summed E-state index contributed by atoms with van der Waals surface area (Å²) in [5.74, 6) is -0.0823. The molecule has 5 rings (SSSR count). The van der Waals surface area contributed by atoms with Gasteiger partial charge >= 0.3 is 0 Å². The number of fused-ring (bicyclic) bond motifs is 2. The van der Waals surface area contributed by atoms with Gasteiger partial charge in [0.25, 0.3) is 5.91 Å². The number of aliphatic hydroxyl groups excluding tert-OH is 1. The lowest BCUT2D eigenvalue weighted by molar-refractivity contribution is -0.0446. The molecular formula is C21H21N5O3. The number of rotatable bonds is 3.